The van der Waals surface area contributed by atoms with Gasteiger partial charge in [0.1, 0.15) is 7.14 Å². The van der Waals surface area contributed by atoms with Crippen molar-refractivity contribution < 1.29 is 4.57 Å². The van der Waals surface area contributed by atoms with E-state index in [1.54, 1.807) is 0 Å². The van der Waals surface area contributed by atoms with Crippen molar-refractivity contribution in [2.45, 2.75) is 12.8 Å². The van der Waals surface area contributed by atoms with Crippen molar-refractivity contribution in [3.63, 3.8) is 0 Å². The normalized spacial score (nSPS) is 18.8. The van der Waals surface area contributed by atoms with Crippen LogP contribution in [0.1, 0.15) is 12.8 Å². The van der Waals surface area contributed by atoms with Gasteiger partial charge in [-0.1, -0.05) is 18.2 Å². The third-order valence-corrected chi connectivity index (χ3v) is 3.44. The molecule has 0 saturated carbocycles. The Balaban J connectivity index is 2.82. The van der Waals surface area contributed by atoms with E-state index >= 15 is 0 Å². The molecule has 0 spiro atoms. The molecule has 1 rings (SSSR count). The summed E-state index contributed by atoms with van der Waals surface area (Å²) in [6, 6.07) is 0. The molecule has 1 aliphatic carbocycles. The van der Waals surface area contributed by atoms with Crippen molar-refractivity contribution in [1.82, 2.24) is 0 Å². The molecule has 0 bridgehead atoms. The Bertz CT molecular complexity index is 219. The van der Waals surface area contributed by atoms with Crippen molar-refractivity contribution in [3.8, 4) is 0 Å². The molecular weight excluding hydrogens is 143 g/mol. The molecule has 0 aromatic carbocycles. The summed E-state index contributed by atoms with van der Waals surface area (Å²) in [5.74, 6) is 0. The average molecular weight is 156 g/mol. The number of hydrogen-bond donors (Lipinski definition) is 0. The molecule has 0 radical (unpaired) electrons. The maximum atomic E-state index is 11.5. The van der Waals surface area contributed by atoms with E-state index in [9.17, 15) is 4.57 Å². The summed E-state index contributed by atoms with van der Waals surface area (Å²) in [5.41, 5.74) is 0. The van der Waals surface area contributed by atoms with Gasteiger partial charge in [0.2, 0.25) is 0 Å². The van der Waals surface area contributed by atoms with E-state index in [1.807, 2.05) is 25.5 Å². The molecule has 56 valence electrons. The first-order valence-electron chi connectivity index (χ1n) is 3.52. The molecule has 0 aliphatic heterocycles. The van der Waals surface area contributed by atoms with Gasteiger partial charge in [-0.3, -0.25) is 0 Å². The van der Waals surface area contributed by atoms with Crippen LogP contribution in [0.25, 0.3) is 0 Å². The van der Waals surface area contributed by atoms with E-state index in [0.717, 1.165) is 18.2 Å². The number of allylic oxidation sites excluding steroid dienone is 4. The van der Waals surface area contributed by atoms with Gasteiger partial charge in [-0.2, -0.15) is 0 Å². The maximum absolute atomic E-state index is 11.5. The Morgan fingerprint density at radius 2 is 2.20 bits per heavy atom. The van der Waals surface area contributed by atoms with Gasteiger partial charge >= 0.3 is 0 Å². The Labute approximate surface area is 62.2 Å². The first-order chi connectivity index (χ1) is 4.61. The summed E-state index contributed by atoms with van der Waals surface area (Å²) in [4.78, 5) is 0. The fraction of sp³-hybridized carbons (Fsp3) is 0.500. The highest BCUT2D eigenvalue weighted by Gasteiger charge is 2.13. The molecule has 0 unspecified atom stereocenters. The predicted octanol–water partition coefficient (Wildman–Crippen LogP) is 2.84. The van der Waals surface area contributed by atoms with E-state index in [-0.39, 0.29) is 0 Å². The fourth-order valence-electron chi connectivity index (χ4n) is 1.04. The van der Waals surface area contributed by atoms with Crippen LogP contribution in [0.3, 0.4) is 0 Å². The summed E-state index contributed by atoms with van der Waals surface area (Å²) in [6.45, 7) is 3.66. The molecule has 0 heterocycles. The lowest BCUT2D eigenvalue weighted by atomic mass is 10.2. The van der Waals surface area contributed by atoms with Crippen LogP contribution in [0.5, 0.6) is 0 Å². The molecule has 0 N–H and O–H groups in total. The van der Waals surface area contributed by atoms with Crippen molar-refractivity contribution in [1.29, 1.82) is 0 Å². The highest BCUT2D eigenvalue weighted by molar-refractivity contribution is 7.66. The summed E-state index contributed by atoms with van der Waals surface area (Å²) in [5, 5.41) is 1.13. The van der Waals surface area contributed by atoms with Gasteiger partial charge in [0, 0.05) is 0 Å². The van der Waals surface area contributed by atoms with Gasteiger partial charge in [-0.15, -0.1) is 0 Å². The van der Waals surface area contributed by atoms with Gasteiger partial charge in [-0.25, -0.2) is 0 Å². The van der Waals surface area contributed by atoms with Crippen LogP contribution in [-0.4, -0.2) is 13.3 Å². The smallest absolute Gasteiger partial charge is 0.105 e. The molecule has 0 fully saturated rings. The van der Waals surface area contributed by atoms with Crippen LogP contribution in [0.15, 0.2) is 23.5 Å². The van der Waals surface area contributed by atoms with E-state index in [1.165, 1.54) is 0 Å². The van der Waals surface area contributed by atoms with Gasteiger partial charge in [0.05, 0.1) is 0 Å². The number of rotatable bonds is 1. The zero-order chi connectivity index (χ0) is 7.61. The second-order valence-corrected chi connectivity index (χ2v) is 6.25. The molecular formula is C8H13OP. The largest absolute Gasteiger partial charge is 0.320 e. The van der Waals surface area contributed by atoms with Crippen LogP contribution in [-0.2, 0) is 4.57 Å². The molecule has 0 aromatic rings. The van der Waals surface area contributed by atoms with Crippen LogP contribution >= 0.6 is 7.14 Å². The quantitative estimate of drug-likeness (QED) is 0.533. The van der Waals surface area contributed by atoms with Crippen LogP contribution in [0, 0.1) is 0 Å². The molecule has 0 amide bonds. The van der Waals surface area contributed by atoms with Gasteiger partial charge in [0.15, 0.2) is 0 Å². The molecule has 0 aromatic heterocycles. The van der Waals surface area contributed by atoms with E-state index < -0.39 is 7.14 Å². The first-order valence-corrected chi connectivity index (χ1v) is 6.12. The second-order valence-electron chi connectivity index (χ2n) is 2.98. The van der Waals surface area contributed by atoms with Crippen molar-refractivity contribution in [2.75, 3.05) is 13.3 Å². The molecule has 0 atom stereocenters. The van der Waals surface area contributed by atoms with E-state index in [4.69, 9.17) is 0 Å². The molecule has 1 nitrogen and oxygen atoms in total. The minimum atomic E-state index is -1.93. The highest BCUT2D eigenvalue weighted by atomic mass is 31.2. The Morgan fingerprint density at radius 1 is 1.50 bits per heavy atom. The van der Waals surface area contributed by atoms with Crippen LogP contribution < -0.4 is 0 Å². The average Bonchev–Trinajstić information content (AvgIpc) is 1.88. The Morgan fingerprint density at radius 3 is 2.50 bits per heavy atom. The summed E-state index contributed by atoms with van der Waals surface area (Å²) < 4.78 is 11.5. The highest BCUT2D eigenvalue weighted by Crippen LogP contribution is 2.49. The van der Waals surface area contributed by atoms with Crippen molar-refractivity contribution in [3.05, 3.63) is 23.5 Å². The van der Waals surface area contributed by atoms with E-state index in [2.05, 4.69) is 6.08 Å². The maximum Gasteiger partial charge on any atom is 0.105 e. The van der Waals surface area contributed by atoms with E-state index in [0.29, 0.717) is 0 Å². The molecule has 10 heavy (non-hydrogen) atoms. The summed E-state index contributed by atoms with van der Waals surface area (Å²) in [6.07, 6.45) is 8.14. The zero-order valence-corrected chi connectivity index (χ0v) is 7.40. The Kier molecular flexibility index (Phi) is 2.15. The first kappa shape index (κ1) is 7.81. The second kappa shape index (κ2) is 2.75. The lowest BCUT2D eigenvalue weighted by molar-refractivity contribution is 0.585. The molecule has 0 saturated heterocycles. The van der Waals surface area contributed by atoms with Crippen molar-refractivity contribution >= 4 is 7.14 Å². The lowest BCUT2D eigenvalue weighted by Crippen LogP contribution is -1.87. The van der Waals surface area contributed by atoms with Crippen LogP contribution in [0.2, 0.25) is 0 Å². The van der Waals surface area contributed by atoms with Crippen LogP contribution in [0.4, 0.5) is 0 Å². The monoisotopic (exact) mass is 156 g/mol. The Hall–Kier alpha value is -0.290. The molecule has 2 heteroatoms. The third kappa shape index (κ3) is 1.85. The van der Waals surface area contributed by atoms with Crippen molar-refractivity contribution in [2.24, 2.45) is 0 Å². The molecule has 1 aliphatic rings. The zero-order valence-electron chi connectivity index (χ0n) is 6.50. The number of hydrogen-bond acceptors (Lipinski definition) is 1. The fourth-order valence-corrected chi connectivity index (χ4v) is 2.15. The van der Waals surface area contributed by atoms with Gasteiger partial charge < -0.3 is 4.57 Å². The van der Waals surface area contributed by atoms with Gasteiger partial charge in [0.25, 0.3) is 0 Å². The minimum Gasteiger partial charge on any atom is -0.320 e. The minimum absolute atomic E-state index is 0.987. The predicted molar refractivity (Wildman–Crippen MR) is 45.9 cm³/mol. The topological polar surface area (TPSA) is 17.1 Å². The summed E-state index contributed by atoms with van der Waals surface area (Å²) >= 11 is 0. The summed E-state index contributed by atoms with van der Waals surface area (Å²) in [7, 11) is -1.93. The lowest BCUT2D eigenvalue weighted by Gasteiger charge is -2.12. The standard InChI is InChI=1S/C8H13OP/c1-10(2,9)8-6-4-3-5-7-8/h3-4,6H,5,7H2,1-2H3. The van der Waals surface area contributed by atoms with Gasteiger partial charge in [-0.05, 0) is 31.5 Å². The third-order valence-electron chi connectivity index (χ3n) is 1.68. The SMILES string of the molecule is CP(C)(=O)C1=CC=CCC1.